The predicted molar refractivity (Wildman–Crippen MR) is 70.5 cm³/mol. The number of benzene rings is 1. The van der Waals surface area contributed by atoms with E-state index in [1.54, 1.807) is 0 Å². The molecule has 1 aromatic rings. The van der Waals surface area contributed by atoms with Crippen LogP contribution in [0, 0.1) is 6.92 Å². The molecule has 0 aromatic heterocycles. The maximum atomic E-state index is 8.94. The quantitative estimate of drug-likeness (QED) is 0.751. The molecular weight excluding hydrogens is 214 g/mol. The van der Waals surface area contributed by atoms with E-state index in [0.29, 0.717) is 6.61 Å². The van der Waals surface area contributed by atoms with Gasteiger partial charge in [-0.15, -0.1) is 0 Å². The van der Waals surface area contributed by atoms with Gasteiger partial charge in [0.1, 0.15) is 12.4 Å². The van der Waals surface area contributed by atoms with Crippen LogP contribution in [0.1, 0.15) is 18.9 Å². The Balaban J connectivity index is 2.33. The van der Waals surface area contributed by atoms with Crippen LogP contribution in [0.15, 0.2) is 24.3 Å². The maximum absolute atomic E-state index is 8.94. The van der Waals surface area contributed by atoms with E-state index in [9.17, 15) is 0 Å². The van der Waals surface area contributed by atoms with Gasteiger partial charge in [-0.1, -0.05) is 25.1 Å². The van der Waals surface area contributed by atoms with Gasteiger partial charge in [-0.25, -0.2) is 0 Å². The largest absolute Gasteiger partial charge is 0.492 e. The molecule has 0 aliphatic heterocycles. The summed E-state index contributed by atoms with van der Waals surface area (Å²) in [6.45, 7) is 7.68. The molecule has 3 nitrogen and oxygen atoms in total. The summed E-state index contributed by atoms with van der Waals surface area (Å²) in [5, 5.41) is 8.94. The van der Waals surface area contributed by atoms with Gasteiger partial charge in [0.2, 0.25) is 0 Å². The van der Waals surface area contributed by atoms with Crippen LogP contribution >= 0.6 is 0 Å². The predicted octanol–water partition coefficient (Wildman–Crippen LogP) is 2.08. The van der Waals surface area contributed by atoms with Crippen molar-refractivity contribution in [2.75, 3.05) is 32.8 Å². The van der Waals surface area contributed by atoms with Crippen LogP contribution < -0.4 is 4.74 Å². The summed E-state index contributed by atoms with van der Waals surface area (Å²) < 4.78 is 5.74. The van der Waals surface area contributed by atoms with Crippen molar-refractivity contribution in [3.63, 3.8) is 0 Å². The van der Waals surface area contributed by atoms with Crippen molar-refractivity contribution in [2.24, 2.45) is 0 Å². The van der Waals surface area contributed by atoms with Crippen molar-refractivity contribution in [3.8, 4) is 5.75 Å². The third kappa shape index (κ3) is 5.20. The molecule has 0 spiro atoms. The summed E-state index contributed by atoms with van der Waals surface area (Å²) in [5.41, 5.74) is 1.16. The van der Waals surface area contributed by atoms with Crippen LogP contribution in [-0.2, 0) is 0 Å². The highest BCUT2D eigenvalue weighted by Crippen LogP contribution is 2.15. The lowest BCUT2D eigenvalue weighted by Gasteiger charge is -2.20. The van der Waals surface area contributed by atoms with Crippen molar-refractivity contribution in [1.82, 2.24) is 4.90 Å². The second-order valence-corrected chi connectivity index (χ2v) is 4.18. The first-order valence-electron chi connectivity index (χ1n) is 6.29. The van der Waals surface area contributed by atoms with Crippen molar-refractivity contribution >= 4 is 0 Å². The first kappa shape index (κ1) is 14.0. The molecule has 0 radical (unpaired) electrons. The Bertz CT molecular complexity index is 309. The Morgan fingerprint density at radius 2 is 1.94 bits per heavy atom. The summed E-state index contributed by atoms with van der Waals surface area (Å²) >= 11 is 0. The van der Waals surface area contributed by atoms with E-state index in [0.717, 1.165) is 37.4 Å². The minimum atomic E-state index is 0.213. The summed E-state index contributed by atoms with van der Waals surface area (Å²) in [6.07, 6.45) is 1.10. The SMILES string of the molecule is CCCN(CCO)CCOc1ccccc1C. The molecule has 0 fully saturated rings. The third-order valence-corrected chi connectivity index (χ3v) is 2.71. The fraction of sp³-hybridized carbons (Fsp3) is 0.571. The fourth-order valence-corrected chi connectivity index (χ4v) is 1.80. The van der Waals surface area contributed by atoms with E-state index < -0.39 is 0 Å². The van der Waals surface area contributed by atoms with Gasteiger partial charge in [0, 0.05) is 13.1 Å². The number of aryl methyl sites for hydroxylation is 1. The molecule has 1 rings (SSSR count). The van der Waals surface area contributed by atoms with Crippen molar-refractivity contribution < 1.29 is 9.84 Å². The average molecular weight is 237 g/mol. The Morgan fingerprint density at radius 3 is 2.59 bits per heavy atom. The minimum Gasteiger partial charge on any atom is -0.492 e. The second kappa shape index (κ2) is 8.09. The number of aliphatic hydroxyl groups excluding tert-OH is 1. The van der Waals surface area contributed by atoms with Gasteiger partial charge in [-0.3, -0.25) is 4.90 Å². The highest BCUT2D eigenvalue weighted by Gasteiger charge is 2.03. The second-order valence-electron chi connectivity index (χ2n) is 4.18. The number of aliphatic hydroxyl groups is 1. The molecule has 0 saturated heterocycles. The third-order valence-electron chi connectivity index (χ3n) is 2.71. The molecule has 0 saturated carbocycles. The lowest BCUT2D eigenvalue weighted by atomic mass is 10.2. The lowest BCUT2D eigenvalue weighted by molar-refractivity contribution is 0.168. The van der Waals surface area contributed by atoms with E-state index in [1.165, 1.54) is 0 Å². The lowest BCUT2D eigenvalue weighted by Crippen LogP contribution is -2.31. The molecule has 1 aromatic carbocycles. The van der Waals surface area contributed by atoms with E-state index >= 15 is 0 Å². The molecule has 0 atom stereocenters. The Morgan fingerprint density at radius 1 is 1.18 bits per heavy atom. The van der Waals surface area contributed by atoms with Crippen LogP contribution in [0.4, 0.5) is 0 Å². The molecule has 3 heteroatoms. The van der Waals surface area contributed by atoms with Crippen molar-refractivity contribution in [3.05, 3.63) is 29.8 Å². The van der Waals surface area contributed by atoms with Gasteiger partial charge >= 0.3 is 0 Å². The zero-order chi connectivity index (χ0) is 12.5. The Kier molecular flexibility index (Phi) is 6.67. The van der Waals surface area contributed by atoms with Gasteiger partial charge in [0.25, 0.3) is 0 Å². The zero-order valence-corrected chi connectivity index (χ0v) is 10.9. The molecule has 0 aliphatic rings. The van der Waals surface area contributed by atoms with Crippen LogP contribution in [-0.4, -0.2) is 42.9 Å². The van der Waals surface area contributed by atoms with E-state index in [2.05, 4.69) is 11.8 Å². The van der Waals surface area contributed by atoms with Crippen LogP contribution in [0.25, 0.3) is 0 Å². The number of para-hydroxylation sites is 1. The smallest absolute Gasteiger partial charge is 0.122 e. The molecule has 17 heavy (non-hydrogen) atoms. The first-order chi connectivity index (χ1) is 8.27. The highest BCUT2D eigenvalue weighted by molar-refractivity contribution is 5.31. The normalized spacial score (nSPS) is 10.8. The number of hydrogen-bond donors (Lipinski definition) is 1. The average Bonchev–Trinajstić information content (AvgIpc) is 2.32. The fourth-order valence-electron chi connectivity index (χ4n) is 1.80. The molecule has 0 aliphatic carbocycles. The zero-order valence-electron chi connectivity index (χ0n) is 10.9. The van der Waals surface area contributed by atoms with Gasteiger partial charge in [-0.05, 0) is 31.5 Å². The van der Waals surface area contributed by atoms with E-state index in [-0.39, 0.29) is 6.61 Å². The topological polar surface area (TPSA) is 32.7 Å². The molecular formula is C14H23NO2. The molecule has 0 bridgehead atoms. The standard InChI is InChI=1S/C14H23NO2/c1-3-8-15(9-11-16)10-12-17-14-7-5-4-6-13(14)2/h4-7,16H,3,8-12H2,1-2H3. The summed E-state index contributed by atoms with van der Waals surface area (Å²) in [6, 6.07) is 8.04. The summed E-state index contributed by atoms with van der Waals surface area (Å²) in [4.78, 5) is 2.22. The minimum absolute atomic E-state index is 0.213. The van der Waals surface area contributed by atoms with Crippen LogP contribution in [0.5, 0.6) is 5.75 Å². The Labute approximate surface area is 104 Å². The number of hydrogen-bond acceptors (Lipinski definition) is 3. The summed E-state index contributed by atoms with van der Waals surface area (Å²) in [5.74, 6) is 0.952. The van der Waals surface area contributed by atoms with E-state index in [1.807, 2.05) is 31.2 Å². The highest BCUT2D eigenvalue weighted by atomic mass is 16.5. The number of nitrogens with zero attached hydrogens (tertiary/aromatic N) is 1. The van der Waals surface area contributed by atoms with Gasteiger partial charge < -0.3 is 9.84 Å². The maximum Gasteiger partial charge on any atom is 0.122 e. The van der Waals surface area contributed by atoms with Gasteiger partial charge in [-0.2, -0.15) is 0 Å². The van der Waals surface area contributed by atoms with E-state index in [4.69, 9.17) is 9.84 Å². The van der Waals surface area contributed by atoms with Crippen molar-refractivity contribution in [1.29, 1.82) is 0 Å². The van der Waals surface area contributed by atoms with Crippen LogP contribution in [0.3, 0.4) is 0 Å². The number of ether oxygens (including phenoxy) is 1. The van der Waals surface area contributed by atoms with Crippen molar-refractivity contribution in [2.45, 2.75) is 20.3 Å². The molecule has 96 valence electrons. The monoisotopic (exact) mass is 237 g/mol. The Hall–Kier alpha value is -1.06. The number of rotatable bonds is 8. The molecule has 0 amide bonds. The molecule has 1 N–H and O–H groups in total. The molecule has 0 heterocycles. The van der Waals surface area contributed by atoms with Gasteiger partial charge in [0.05, 0.1) is 6.61 Å². The first-order valence-corrected chi connectivity index (χ1v) is 6.29. The molecule has 0 unspecified atom stereocenters. The summed E-state index contributed by atoms with van der Waals surface area (Å²) in [7, 11) is 0. The van der Waals surface area contributed by atoms with Gasteiger partial charge in [0.15, 0.2) is 0 Å². The van der Waals surface area contributed by atoms with Crippen LogP contribution in [0.2, 0.25) is 0 Å².